The van der Waals surface area contributed by atoms with Gasteiger partial charge in [0.05, 0.1) is 12.2 Å². The molecule has 2 nitrogen and oxygen atoms in total. The number of rotatable bonds is 3. The van der Waals surface area contributed by atoms with Gasteiger partial charge in [0.2, 0.25) is 0 Å². The van der Waals surface area contributed by atoms with Crippen molar-refractivity contribution < 1.29 is 4.39 Å². The molecule has 0 amide bonds. The molecule has 0 bridgehead atoms. The third kappa shape index (κ3) is 3.17. The summed E-state index contributed by atoms with van der Waals surface area (Å²) in [7, 11) is 0. The zero-order valence-electron chi connectivity index (χ0n) is 9.37. The van der Waals surface area contributed by atoms with Crippen LogP contribution in [0.4, 0.5) is 10.1 Å². The molecule has 0 fully saturated rings. The van der Waals surface area contributed by atoms with E-state index in [-0.39, 0.29) is 5.82 Å². The molecule has 1 heterocycles. The van der Waals surface area contributed by atoms with E-state index >= 15 is 0 Å². The Hall–Kier alpha value is -1.61. The van der Waals surface area contributed by atoms with Crippen molar-refractivity contribution in [3.63, 3.8) is 0 Å². The molecule has 88 valence electrons. The van der Waals surface area contributed by atoms with Crippen molar-refractivity contribution in [1.82, 2.24) is 4.98 Å². The van der Waals surface area contributed by atoms with Gasteiger partial charge in [-0.15, -0.1) is 0 Å². The van der Waals surface area contributed by atoms with Gasteiger partial charge in [0.15, 0.2) is 0 Å². The number of pyridine rings is 1. The number of aromatic nitrogens is 1. The van der Waals surface area contributed by atoms with Gasteiger partial charge in [0, 0.05) is 16.9 Å². The zero-order chi connectivity index (χ0) is 12.3. The van der Waals surface area contributed by atoms with E-state index in [1.54, 1.807) is 12.3 Å². The molecule has 0 spiro atoms. The van der Waals surface area contributed by atoms with Crippen molar-refractivity contribution >= 4 is 17.3 Å². The lowest BCUT2D eigenvalue weighted by atomic mass is 10.2. The largest absolute Gasteiger partial charge is 0.379 e. The SMILES string of the molecule is Cc1cccnc1CNc1cc(F)cc(Cl)c1. The highest BCUT2D eigenvalue weighted by molar-refractivity contribution is 6.30. The maximum atomic E-state index is 13.1. The van der Waals surface area contributed by atoms with Crippen LogP contribution in [-0.2, 0) is 6.54 Å². The summed E-state index contributed by atoms with van der Waals surface area (Å²) >= 11 is 5.77. The van der Waals surface area contributed by atoms with E-state index < -0.39 is 0 Å². The minimum absolute atomic E-state index is 0.349. The fraction of sp³-hybridized carbons (Fsp3) is 0.154. The molecule has 0 saturated heterocycles. The van der Waals surface area contributed by atoms with E-state index in [1.165, 1.54) is 12.1 Å². The summed E-state index contributed by atoms with van der Waals surface area (Å²) in [5.41, 5.74) is 2.69. The molecule has 0 atom stereocenters. The first kappa shape index (κ1) is 11.9. The zero-order valence-corrected chi connectivity index (χ0v) is 10.1. The smallest absolute Gasteiger partial charge is 0.126 e. The summed E-state index contributed by atoms with van der Waals surface area (Å²) in [6, 6.07) is 8.24. The van der Waals surface area contributed by atoms with Crippen molar-refractivity contribution in [2.75, 3.05) is 5.32 Å². The lowest BCUT2D eigenvalue weighted by molar-refractivity contribution is 0.628. The maximum Gasteiger partial charge on any atom is 0.126 e. The van der Waals surface area contributed by atoms with Gasteiger partial charge < -0.3 is 5.32 Å². The van der Waals surface area contributed by atoms with Crippen molar-refractivity contribution in [3.05, 3.63) is 58.6 Å². The van der Waals surface area contributed by atoms with Crippen LogP contribution in [0.1, 0.15) is 11.3 Å². The van der Waals surface area contributed by atoms with Gasteiger partial charge >= 0.3 is 0 Å². The van der Waals surface area contributed by atoms with Crippen molar-refractivity contribution in [2.45, 2.75) is 13.5 Å². The Labute approximate surface area is 104 Å². The van der Waals surface area contributed by atoms with Gasteiger partial charge in [-0.1, -0.05) is 17.7 Å². The molecule has 4 heteroatoms. The Kier molecular flexibility index (Phi) is 3.59. The fourth-order valence-electron chi connectivity index (χ4n) is 1.55. The van der Waals surface area contributed by atoms with E-state index in [1.807, 2.05) is 19.1 Å². The Balaban J connectivity index is 2.10. The number of benzene rings is 1. The number of hydrogen-bond donors (Lipinski definition) is 1. The highest BCUT2D eigenvalue weighted by atomic mass is 35.5. The summed E-state index contributed by atoms with van der Waals surface area (Å²) in [6.45, 7) is 2.54. The van der Waals surface area contributed by atoms with E-state index in [9.17, 15) is 4.39 Å². The van der Waals surface area contributed by atoms with E-state index in [0.29, 0.717) is 17.3 Å². The number of anilines is 1. The predicted octanol–water partition coefficient (Wildman–Crippen LogP) is 3.79. The Morgan fingerprint density at radius 2 is 2.18 bits per heavy atom. The second-order valence-electron chi connectivity index (χ2n) is 3.78. The number of aryl methyl sites for hydroxylation is 1. The van der Waals surface area contributed by atoms with Gasteiger partial charge in [-0.05, 0) is 36.8 Å². The number of hydrogen-bond acceptors (Lipinski definition) is 2. The van der Waals surface area contributed by atoms with E-state index in [0.717, 1.165) is 11.3 Å². The fourth-order valence-corrected chi connectivity index (χ4v) is 1.77. The van der Waals surface area contributed by atoms with Crippen molar-refractivity contribution in [3.8, 4) is 0 Å². The van der Waals surface area contributed by atoms with Crippen LogP contribution in [0, 0.1) is 12.7 Å². The van der Waals surface area contributed by atoms with Crippen LogP contribution >= 0.6 is 11.6 Å². The van der Waals surface area contributed by atoms with Crippen molar-refractivity contribution in [2.24, 2.45) is 0 Å². The van der Waals surface area contributed by atoms with E-state index in [2.05, 4.69) is 10.3 Å². The normalized spacial score (nSPS) is 10.3. The minimum Gasteiger partial charge on any atom is -0.379 e. The maximum absolute atomic E-state index is 13.1. The van der Waals surface area contributed by atoms with Crippen LogP contribution in [0.3, 0.4) is 0 Å². The second kappa shape index (κ2) is 5.15. The first-order chi connectivity index (χ1) is 8.15. The molecule has 1 aromatic carbocycles. The van der Waals surface area contributed by atoms with Crippen LogP contribution < -0.4 is 5.32 Å². The van der Waals surface area contributed by atoms with E-state index in [4.69, 9.17) is 11.6 Å². The number of nitrogens with zero attached hydrogens (tertiary/aromatic N) is 1. The van der Waals surface area contributed by atoms with Gasteiger partial charge in [-0.3, -0.25) is 4.98 Å². The van der Waals surface area contributed by atoms with Crippen molar-refractivity contribution in [1.29, 1.82) is 0 Å². The average molecular weight is 251 g/mol. The first-order valence-corrected chi connectivity index (χ1v) is 5.63. The molecule has 17 heavy (non-hydrogen) atoms. The third-order valence-electron chi connectivity index (χ3n) is 2.44. The molecule has 2 rings (SSSR count). The molecular weight excluding hydrogens is 239 g/mol. The Bertz CT molecular complexity index is 508. The molecule has 0 radical (unpaired) electrons. The molecule has 0 aliphatic rings. The number of nitrogens with one attached hydrogen (secondary N) is 1. The molecule has 2 aromatic rings. The molecule has 0 aliphatic carbocycles. The Morgan fingerprint density at radius 3 is 2.88 bits per heavy atom. The predicted molar refractivity (Wildman–Crippen MR) is 67.7 cm³/mol. The monoisotopic (exact) mass is 250 g/mol. The van der Waals surface area contributed by atoms with Crippen LogP contribution in [0.15, 0.2) is 36.5 Å². The van der Waals surface area contributed by atoms with Gasteiger partial charge in [-0.25, -0.2) is 4.39 Å². The molecule has 1 N–H and O–H groups in total. The highest BCUT2D eigenvalue weighted by Gasteiger charge is 2.01. The molecule has 0 saturated carbocycles. The Morgan fingerprint density at radius 1 is 1.35 bits per heavy atom. The second-order valence-corrected chi connectivity index (χ2v) is 4.22. The third-order valence-corrected chi connectivity index (χ3v) is 2.66. The molecule has 0 unspecified atom stereocenters. The van der Waals surface area contributed by atoms with Crippen LogP contribution in [-0.4, -0.2) is 4.98 Å². The average Bonchev–Trinajstić information content (AvgIpc) is 2.27. The molecular formula is C13H12ClFN2. The summed E-state index contributed by atoms with van der Waals surface area (Å²) in [4.78, 5) is 4.25. The van der Waals surface area contributed by atoms with Crippen LogP contribution in [0.5, 0.6) is 0 Å². The topological polar surface area (TPSA) is 24.9 Å². The minimum atomic E-state index is -0.349. The summed E-state index contributed by atoms with van der Waals surface area (Å²) in [5, 5.41) is 3.48. The lowest BCUT2D eigenvalue weighted by Crippen LogP contribution is -2.03. The van der Waals surface area contributed by atoms with Crippen LogP contribution in [0.25, 0.3) is 0 Å². The number of halogens is 2. The molecule has 1 aromatic heterocycles. The summed E-state index contributed by atoms with van der Waals surface area (Å²) in [6.07, 6.45) is 1.74. The van der Waals surface area contributed by atoms with Gasteiger partial charge in [-0.2, -0.15) is 0 Å². The summed E-state index contributed by atoms with van der Waals surface area (Å²) < 4.78 is 13.1. The standard InChI is InChI=1S/C13H12ClFN2/c1-9-3-2-4-16-13(9)8-17-12-6-10(14)5-11(15)7-12/h2-7,17H,8H2,1H3. The lowest BCUT2D eigenvalue weighted by Gasteiger charge is -2.08. The highest BCUT2D eigenvalue weighted by Crippen LogP contribution is 2.18. The summed E-state index contributed by atoms with van der Waals surface area (Å²) in [5.74, 6) is -0.349. The quantitative estimate of drug-likeness (QED) is 0.896. The van der Waals surface area contributed by atoms with Gasteiger partial charge in [0.1, 0.15) is 5.82 Å². The van der Waals surface area contributed by atoms with Crippen LogP contribution in [0.2, 0.25) is 5.02 Å². The first-order valence-electron chi connectivity index (χ1n) is 5.25. The molecule has 0 aliphatic heterocycles. The van der Waals surface area contributed by atoms with Gasteiger partial charge in [0.25, 0.3) is 0 Å².